The average Bonchev–Trinajstić information content (AvgIpc) is 3.96. The van der Waals surface area contributed by atoms with E-state index < -0.39 is 0 Å². The van der Waals surface area contributed by atoms with Gasteiger partial charge in [-0.25, -0.2) is 0 Å². The summed E-state index contributed by atoms with van der Waals surface area (Å²) < 4.78 is 14.1. The fourth-order valence-electron chi connectivity index (χ4n) is 10.4. The molecule has 0 spiro atoms. The number of fused-ring (bicyclic) bond motifs is 14. The van der Waals surface area contributed by atoms with Crippen molar-refractivity contribution in [3.05, 3.63) is 231 Å². The highest BCUT2D eigenvalue weighted by atomic mass is 16.4. The lowest BCUT2D eigenvalue weighted by molar-refractivity contribution is 0.633. The van der Waals surface area contributed by atoms with Gasteiger partial charge in [0.15, 0.2) is 11.2 Å². The first-order valence-electron chi connectivity index (χ1n) is 22.5. The molecule has 14 aromatic rings. The van der Waals surface area contributed by atoms with Crippen molar-refractivity contribution in [3.63, 3.8) is 0 Å². The number of benzene rings is 12. The molecule has 0 saturated heterocycles. The van der Waals surface area contributed by atoms with E-state index in [0.717, 1.165) is 88.8 Å². The largest absolute Gasteiger partial charge is 0.452 e. The van der Waals surface area contributed by atoms with Gasteiger partial charge in [0.2, 0.25) is 0 Å². The lowest BCUT2D eigenvalue weighted by Gasteiger charge is -2.26. The molecule has 0 fully saturated rings. The molecular weight excluding hydrogens is 805 g/mol. The molecule has 0 aliphatic heterocycles. The van der Waals surface area contributed by atoms with Crippen molar-refractivity contribution in [1.29, 1.82) is 0 Å². The van der Waals surface area contributed by atoms with E-state index >= 15 is 0 Å². The Morgan fingerprint density at radius 3 is 0.833 bits per heavy atom. The van der Waals surface area contributed by atoms with Gasteiger partial charge in [-0.05, 0) is 127 Å². The molecule has 0 radical (unpaired) electrons. The summed E-state index contributed by atoms with van der Waals surface area (Å²) in [5.41, 5.74) is 9.38. The van der Waals surface area contributed by atoms with E-state index in [1.54, 1.807) is 0 Å². The molecule has 0 saturated carbocycles. The number of furan rings is 2. The quantitative estimate of drug-likeness (QED) is 0.167. The second-order valence-electron chi connectivity index (χ2n) is 17.3. The Balaban J connectivity index is 0.969. The average molecular weight is 843 g/mol. The monoisotopic (exact) mass is 842 g/mol. The predicted molar refractivity (Wildman–Crippen MR) is 278 cm³/mol. The van der Waals surface area contributed by atoms with Gasteiger partial charge in [0.1, 0.15) is 11.2 Å². The fraction of sp³-hybridized carbons (Fsp3) is 0. The van der Waals surface area contributed by atoms with Crippen molar-refractivity contribution in [3.8, 4) is 0 Å². The second-order valence-corrected chi connectivity index (χ2v) is 17.3. The number of rotatable bonds is 6. The van der Waals surface area contributed by atoms with Gasteiger partial charge >= 0.3 is 0 Å². The van der Waals surface area contributed by atoms with Crippen LogP contribution in [0.4, 0.5) is 34.1 Å². The van der Waals surface area contributed by atoms with Crippen molar-refractivity contribution in [2.75, 3.05) is 9.80 Å². The van der Waals surface area contributed by atoms with Gasteiger partial charge in [-0.3, -0.25) is 0 Å². The van der Waals surface area contributed by atoms with Crippen LogP contribution in [-0.2, 0) is 0 Å². The van der Waals surface area contributed by atoms with Gasteiger partial charge < -0.3 is 18.6 Å². The highest BCUT2D eigenvalue weighted by Crippen LogP contribution is 2.48. The molecule has 0 atom stereocenters. The van der Waals surface area contributed by atoms with E-state index in [1.165, 1.54) is 43.1 Å². The van der Waals surface area contributed by atoms with Crippen LogP contribution in [0.5, 0.6) is 0 Å². The predicted octanol–water partition coefficient (Wildman–Crippen LogP) is 18.2. The summed E-state index contributed by atoms with van der Waals surface area (Å²) in [6.07, 6.45) is 0. The zero-order valence-corrected chi connectivity index (χ0v) is 35.7. The first kappa shape index (κ1) is 36.6. The van der Waals surface area contributed by atoms with Crippen molar-refractivity contribution >= 4 is 132 Å². The maximum atomic E-state index is 7.07. The summed E-state index contributed by atoms with van der Waals surface area (Å²) in [4.78, 5) is 4.66. The van der Waals surface area contributed by atoms with E-state index in [0.29, 0.717) is 0 Å². The number of hydrogen-bond donors (Lipinski definition) is 0. The summed E-state index contributed by atoms with van der Waals surface area (Å²) in [6.45, 7) is 0. The normalized spacial score (nSPS) is 11.9. The van der Waals surface area contributed by atoms with Gasteiger partial charge in [0.05, 0.1) is 0 Å². The summed E-state index contributed by atoms with van der Waals surface area (Å²) in [5, 5.41) is 16.0. The van der Waals surface area contributed by atoms with Crippen LogP contribution in [0.15, 0.2) is 239 Å². The Kier molecular flexibility index (Phi) is 7.95. The number of hydrogen-bond acceptors (Lipinski definition) is 4. The minimum atomic E-state index is 0.748. The zero-order chi connectivity index (χ0) is 43.3. The van der Waals surface area contributed by atoms with Gasteiger partial charge in [-0.1, -0.05) is 146 Å². The molecule has 0 aliphatic carbocycles. The molecule has 0 amide bonds. The molecule has 2 aromatic heterocycles. The van der Waals surface area contributed by atoms with Crippen LogP contribution in [0.25, 0.3) is 97.7 Å². The molecule has 14 rings (SSSR count). The van der Waals surface area contributed by atoms with Crippen LogP contribution in [0.2, 0.25) is 0 Å². The Hall–Kier alpha value is -8.86. The molecule has 0 unspecified atom stereocenters. The zero-order valence-electron chi connectivity index (χ0n) is 35.7. The Morgan fingerprint density at radius 2 is 0.500 bits per heavy atom. The maximum absolute atomic E-state index is 7.07. The third-order valence-corrected chi connectivity index (χ3v) is 13.5. The molecule has 4 heteroatoms. The Labute approximate surface area is 379 Å². The second kappa shape index (κ2) is 14.3. The van der Waals surface area contributed by atoms with Crippen LogP contribution >= 0.6 is 0 Å². The smallest absolute Gasteiger partial charge is 0.179 e. The highest BCUT2D eigenvalue weighted by Gasteiger charge is 2.24. The van der Waals surface area contributed by atoms with E-state index in [-0.39, 0.29) is 0 Å². The SMILES string of the molecule is c1ccc2cc(N(c3ccc4ccccc4c3)c3ccc4c(c3)oc3c5oc6cc(N(c7ccc8ccccc8c7)c7ccc8ccccc8c7)ccc6c5c5ccccc5c43)ccc2c1. The number of nitrogens with zero attached hydrogens (tertiary/aromatic N) is 2. The summed E-state index contributed by atoms with van der Waals surface area (Å²) in [5.74, 6) is 0. The van der Waals surface area contributed by atoms with E-state index in [2.05, 4.69) is 240 Å². The van der Waals surface area contributed by atoms with Crippen LogP contribution in [0, 0.1) is 0 Å². The van der Waals surface area contributed by atoms with Crippen molar-refractivity contribution in [1.82, 2.24) is 0 Å². The minimum Gasteiger partial charge on any atom is -0.452 e. The van der Waals surface area contributed by atoms with Crippen LogP contribution < -0.4 is 9.80 Å². The van der Waals surface area contributed by atoms with Gasteiger partial charge in [-0.2, -0.15) is 0 Å². The highest BCUT2D eigenvalue weighted by molar-refractivity contribution is 6.33. The lowest BCUT2D eigenvalue weighted by atomic mass is 9.98. The van der Waals surface area contributed by atoms with Gasteiger partial charge in [0, 0.05) is 67.8 Å². The van der Waals surface area contributed by atoms with E-state index in [4.69, 9.17) is 8.83 Å². The Bertz CT molecular complexity index is 3840. The van der Waals surface area contributed by atoms with Crippen LogP contribution in [0.3, 0.4) is 0 Å². The summed E-state index contributed by atoms with van der Waals surface area (Å²) in [7, 11) is 0. The molecular formula is C62H38N2O2. The molecule has 0 bridgehead atoms. The molecule has 0 N–H and O–H groups in total. The van der Waals surface area contributed by atoms with Crippen LogP contribution in [-0.4, -0.2) is 0 Å². The summed E-state index contributed by atoms with van der Waals surface area (Å²) in [6, 6.07) is 82.8. The standard InChI is InChI=1S/C62H38N2O2/c1-5-15-43-33-47(25-21-39(43)11-1)63(48-26-22-40-12-2-6-16-44(40)34-48)51-29-31-55-57(37-51)65-61-59(55)53-19-9-10-20-54(53)60-56-32-30-52(38-58(56)66-62(60)61)64(49-27-23-41-13-3-7-17-45(41)35-49)50-28-24-42-14-4-8-18-46(42)36-50/h1-38H. The Morgan fingerprint density at radius 1 is 0.227 bits per heavy atom. The topological polar surface area (TPSA) is 32.8 Å². The molecule has 308 valence electrons. The molecule has 0 aliphatic rings. The lowest BCUT2D eigenvalue weighted by Crippen LogP contribution is -2.09. The molecule has 12 aromatic carbocycles. The molecule has 2 heterocycles. The third kappa shape index (κ3) is 5.72. The first-order chi connectivity index (χ1) is 32.7. The third-order valence-electron chi connectivity index (χ3n) is 13.5. The minimum absolute atomic E-state index is 0.748. The van der Waals surface area contributed by atoms with Gasteiger partial charge in [0.25, 0.3) is 0 Å². The number of anilines is 6. The van der Waals surface area contributed by atoms with Crippen molar-refractivity contribution in [2.24, 2.45) is 0 Å². The van der Waals surface area contributed by atoms with Gasteiger partial charge in [-0.15, -0.1) is 0 Å². The van der Waals surface area contributed by atoms with Crippen molar-refractivity contribution in [2.45, 2.75) is 0 Å². The van der Waals surface area contributed by atoms with E-state index in [9.17, 15) is 0 Å². The first-order valence-corrected chi connectivity index (χ1v) is 22.5. The molecule has 4 nitrogen and oxygen atoms in total. The fourth-order valence-corrected chi connectivity index (χ4v) is 10.4. The van der Waals surface area contributed by atoms with Crippen LogP contribution in [0.1, 0.15) is 0 Å². The molecule has 66 heavy (non-hydrogen) atoms. The van der Waals surface area contributed by atoms with E-state index in [1.807, 2.05) is 0 Å². The maximum Gasteiger partial charge on any atom is 0.179 e. The van der Waals surface area contributed by atoms with Crippen molar-refractivity contribution < 1.29 is 8.83 Å². The summed E-state index contributed by atoms with van der Waals surface area (Å²) >= 11 is 0.